The SMILES string of the molecule is CC1(CNCC2CCCC(N)C2)CCC1. The lowest BCUT2D eigenvalue weighted by atomic mass is 9.70. The summed E-state index contributed by atoms with van der Waals surface area (Å²) in [6.45, 7) is 4.83. The van der Waals surface area contributed by atoms with Gasteiger partial charge in [0.1, 0.15) is 0 Å². The molecule has 0 aromatic rings. The third-order valence-corrected chi connectivity index (χ3v) is 4.37. The fourth-order valence-electron chi connectivity index (χ4n) is 3.05. The lowest BCUT2D eigenvalue weighted by Crippen LogP contribution is -2.40. The van der Waals surface area contributed by atoms with Crippen molar-refractivity contribution in [2.75, 3.05) is 13.1 Å². The van der Waals surface area contributed by atoms with Crippen LogP contribution >= 0.6 is 0 Å². The zero-order valence-corrected chi connectivity index (χ0v) is 10.1. The molecule has 0 saturated heterocycles. The second kappa shape index (κ2) is 4.84. The monoisotopic (exact) mass is 210 g/mol. The zero-order valence-electron chi connectivity index (χ0n) is 10.1. The summed E-state index contributed by atoms with van der Waals surface area (Å²) >= 11 is 0. The molecular weight excluding hydrogens is 184 g/mol. The first-order chi connectivity index (χ1) is 7.18. The molecule has 2 fully saturated rings. The van der Waals surface area contributed by atoms with E-state index in [1.807, 2.05) is 0 Å². The molecule has 0 heterocycles. The smallest absolute Gasteiger partial charge is 0.00419 e. The van der Waals surface area contributed by atoms with Crippen molar-refractivity contribution in [2.45, 2.75) is 57.9 Å². The first kappa shape index (κ1) is 11.4. The summed E-state index contributed by atoms with van der Waals surface area (Å²) in [5.74, 6) is 0.845. The van der Waals surface area contributed by atoms with Crippen molar-refractivity contribution >= 4 is 0 Å². The average molecular weight is 210 g/mol. The molecule has 88 valence electrons. The number of nitrogens with one attached hydrogen (secondary N) is 1. The van der Waals surface area contributed by atoms with Crippen molar-refractivity contribution in [3.63, 3.8) is 0 Å². The average Bonchev–Trinajstić information content (AvgIpc) is 2.15. The van der Waals surface area contributed by atoms with E-state index in [9.17, 15) is 0 Å². The molecule has 2 atom stereocenters. The summed E-state index contributed by atoms with van der Waals surface area (Å²) < 4.78 is 0. The van der Waals surface area contributed by atoms with Gasteiger partial charge in [0.15, 0.2) is 0 Å². The summed E-state index contributed by atoms with van der Waals surface area (Å²) in [6, 6.07) is 0.477. The highest BCUT2D eigenvalue weighted by Crippen LogP contribution is 2.39. The highest BCUT2D eigenvalue weighted by atomic mass is 14.9. The van der Waals surface area contributed by atoms with Gasteiger partial charge in [-0.3, -0.25) is 0 Å². The number of hydrogen-bond donors (Lipinski definition) is 2. The lowest BCUT2D eigenvalue weighted by molar-refractivity contribution is 0.152. The summed E-state index contributed by atoms with van der Waals surface area (Å²) in [4.78, 5) is 0. The summed E-state index contributed by atoms with van der Waals surface area (Å²) in [6.07, 6.45) is 9.49. The van der Waals surface area contributed by atoms with Crippen LogP contribution in [0.4, 0.5) is 0 Å². The minimum Gasteiger partial charge on any atom is -0.328 e. The highest BCUT2D eigenvalue weighted by molar-refractivity contribution is 4.86. The lowest BCUT2D eigenvalue weighted by Gasteiger charge is -2.39. The third kappa shape index (κ3) is 3.18. The van der Waals surface area contributed by atoms with Gasteiger partial charge >= 0.3 is 0 Å². The standard InChI is InChI=1S/C13H26N2/c1-13(6-3-7-13)10-15-9-11-4-2-5-12(14)8-11/h11-12,15H,2-10,14H2,1H3. The van der Waals surface area contributed by atoms with Crippen molar-refractivity contribution in [1.29, 1.82) is 0 Å². The van der Waals surface area contributed by atoms with E-state index in [1.54, 1.807) is 0 Å². The minimum atomic E-state index is 0.477. The van der Waals surface area contributed by atoms with E-state index in [2.05, 4.69) is 12.2 Å². The van der Waals surface area contributed by atoms with Crippen LogP contribution in [0.3, 0.4) is 0 Å². The molecule has 0 aromatic carbocycles. The molecule has 2 aliphatic rings. The summed E-state index contributed by atoms with van der Waals surface area (Å²) in [7, 11) is 0. The number of nitrogens with two attached hydrogens (primary N) is 1. The van der Waals surface area contributed by atoms with Crippen LogP contribution in [0.5, 0.6) is 0 Å². The maximum absolute atomic E-state index is 5.99. The molecule has 2 unspecified atom stereocenters. The normalized spacial score (nSPS) is 34.8. The topological polar surface area (TPSA) is 38.0 Å². The second-order valence-corrected chi connectivity index (χ2v) is 6.09. The Balaban J connectivity index is 1.60. The molecule has 3 N–H and O–H groups in total. The van der Waals surface area contributed by atoms with E-state index in [0.29, 0.717) is 11.5 Å². The quantitative estimate of drug-likeness (QED) is 0.747. The van der Waals surface area contributed by atoms with E-state index in [4.69, 9.17) is 5.73 Å². The Kier molecular flexibility index (Phi) is 3.68. The van der Waals surface area contributed by atoms with Crippen LogP contribution in [-0.4, -0.2) is 19.1 Å². The molecule has 0 spiro atoms. The van der Waals surface area contributed by atoms with Crippen LogP contribution in [0.15, 0.2) is 0 Å². The Morgan fingerprint density at radius 2 is 2.07 bits per heavy atom. The van der Waals surface area contributed by atoms with Crippen molar-refractivity contribution in [2.24, 2.45) is 17.1 Å². The molecule has 2 saturated carbocycles. The Labute approximate surface area is 94.0 Å². The fraction of sp³-hybridized carbons (Fsp3) is 1.00. The third-order valence-electron chi connectivity index (χ3n) is 4.37. The molecule has 0 bridgehead atoms. The van der Waals surface area contributed by atoms with Crippen LogP contribution in [0, 0.1) is 11.3 Å². The zero-order chi connectivity index (χ0) is 10.7. The van der Waals surface area contributed by atoms with Crippen LogP contribution < -0.4 is 11.1 Å². The van der Waals surface area contributed by atoms with E-state index in [0.717, 1.165) is 5.92 Å². The van der Waals surface area contributed by atoms with Gasteiger partial charge in [-0.1, -0.05) is 19.8 Å². The highest BCUT2D eigenvalue weighted by Gasteiger charge is 2.31. The number of hydrogen-bond acceptors (Lipinski definition) is 2. The van der Waals surface area contributed by atoms with Gasteiger partial charge in [-0.2, -0.15) is 0 Å². The summed E-state index contributed by atoms with van der Waals surface area (Å²) in [5.41, 5.74) is 6.61. The molecule has 2 nitrogen and oxygen atoms in total. The maximum Gasteiger partial charge on any atom is 0.00419 e. The molecule has 0 amide bonds. The van der Waals surface area contributed by atoms with Gasteiger partial charge in [-0.15, -0.1) is 0 Å². The van der Waals surface area contributed by atoms with E-state index >= 15 is 0 Å². The van der Waals surface area contributed by atoms with Gasteiger partial charge < -0.3 is 11.1 Å². The maximum atomic E-state index is 5.99. The van der Waals surface area contributed by atoms with Crippen LogP contribution in [0.1, 0.15) is 51.9 Å². The van der Waals surface area contributed by atoms with Gasteiger partial charge in [-0.25, -0.2) is 0 Å². The molecule has 2 rings (SSSR count). The molecule has 2 heteroatoms. The largest absolute Gasteiger partial charge is 0.328 e. The molecule has 2 aliphatic carbocycles. The predicted octanol–water partition coefficient (Wildman–Crippen LogP) is 2.28. The molecule has 0 aliphatic heterocycles. The molecule has 0 aromatic heterocycles. The van der Waals surface area contributed by atoms with Crippen molar-refractivity contribution in [3.8, 4) is 0 Å². The van der Waals surface area contributed by atoms with Crippen molar-refractivity contribution in [3.05, 3.63) is 0 Å². The molecule has 15 heavy (non-hydrogen) atoms. The van der Waals surface area contributed by atoms with Gasteiger partial charge in [0, 0.05) is 12.6 Å². The van der Waals surface area contributed by atoms with E-state index in [-0.39, 0.29) is 0 Å². The number of rotatable bonds is 4. The van der Waals surface area contributed by atoms with Crippen molar-refractivity contribution < 1.29 is 0 Å². The Bertz CT molecular complexity index is 199. The molecule has 0 radical (unpaired) electrons. The Hall–Kier alpha value is -0.0800. The van der Waals surface area contributed by atoms with Crippen LogP contribution in [0.25, 0.3) is 0 Å². The van der Waals surface area contributed by atoms with Gasteiger partial charge in [0.25, 0.3) is 0 Å². The molecular formula is C13H26N2. The first-order valence-corrected chi connectivity index (χ1v) is 6.64. The minimum absolute atomic E-state index is 0.477. The summed E-state index contributed by atoms with van der Waals surface area (Å²) in [5, 5.41) is 3.66. The second-order valence-electron chi connectivity index (χ2n) is 6.09. The Morgan fingerprint density at radius 1 is 1.27 bits per heavy atom. The van der Waals surface area contributed by atoms with Crippen molar-refractivity contribution in [1.82, 2.24) is 5.32 Å². The first-order valence-electron chi connectivity index (χ1n) is 6.64. The van der Waals surface area contributed by atoms with Crippen LogP contribution in [0.2, 0.25) is 0 Å². The van der Waals surface area contributed by atoms with E-state index < -0.39 is 0 Å². The van der Waals surface area contributed by atoms with Gasteiger partial charge in [0.2, 0.25) is 0 Å². The predicted molar refractivity (Wildman–Crippen MR) is 64.8 cm³/mol. The fourth-order valence-corrected chi connectivity index (χ4v) is 3.05. The Morgan fingerprint density at radius 3 is 2.67 bits per heavy atom. The van der Waals surface area contributed by atoms with Gasteiger partial charge in [-0.05, 0) is 50.0 Å². The van der Waals surface area contributed by atoms with Crippen LogP contribution in [-0.2, 0) is 0 Å². The van der Waals surface area contributed by atoms with Gasteiger partial charge in [0.05, 0.1) is 0 Å². The van der Waals surface area contributed by atoms with E-state index in [1.165, 1.54) is 58.0 Å².